The van der Waals surface area contributed by atoms with Crippen LogP contribution in [-0.2, 0) is 11.8 Å². The fourth-order valence-electron chi connectivity index (χ4n) is 1.96. The summed E-state index contributed by atoms with van der Waals surface area (Å²) >= 11 is 7.50. The molecule has 0 aliphatic heterocycles. The summed E-state index contributed by atoms with van der Waals surface area (Å²) < 4.78 is 13.9. The first kappa shape index (κ1) is 16.4. The van der Waals surface area contributed by atoms with Crippen LogP contribution < -0.4 is 11.3 Å². The lowest BCUT2D eigenvalue weighted by Gasteiger charge is -2.17. The van der Waals surface area contributed by atoms with E-state index in [1.54, 1.807) is 17.4 Å². The van der Waals surface area contributed by atoms with Crippen LogP contribution in [0.25, 0.3) is 0 Å². The van der Waals surface area contributed by atoms with E-state index in [1.165, 1.54) is 12.1 Å². The molecule has 6 heteroatoms. The SMILES string of the molecule is CC(C)(C)c1csc(CC(NN)c2cc(Cl)ccc2F)n1. The van der Waals surface area contributed by atoms with Crippen molar-refractivity contribution in [1.29, 1.82) is 0 Å². The summed E-state index contributed by atoms with van der Waals surface area (Å²) in [4.78, 5) is 4.61. The van der Waals surface area contributed by atoms with E-state index in [1.807, 2.05) is 5.38 Å². The van der Waals surface area contributed by atoms with Crippen LogP contribution in [0.5, 0.6) is 0 Å². The van der Waals surface area contributed by atoms with Crippen LogP contribution in [0.2, 0.25) is 5.02 Å². The highest BCUT2D eigenvalue weighted by Crippen LogP contribution is 2.28. The zero-order valence-corrected chi connectivity index (χ0v) is 13.9. The Hall–Kier alpha value is -1.01. The van der Waals surface area contributed by atoms with Gasteiger partial charge in [0, 0.05) is 27.8 Å². The van der Waals surface area contributed by atoms with Crippen LogP contribution in [0.1, 0.15) is 43.1 Å². The Morgan fingerprint density at radius 2 is 2.14 bits per heavy atom. The molecule has 0 bridgehead atoms. The summed E-state index contributed by atoms with van der Waals surface area (Å²) in [7, 11) is 0. The van der Waals surface area contributed by atoms with Crippen molar-refractivity contribution >= 4 is 22.9 Å². The molecule has 21 heavy (non-hydrogen) atoms. The van der Waals surface area contributed by atoms with Gasteiger partial charge in [-0.05, 0) is 18.2 Å². The second kappa shape index (κ2) is 6.40. The molecule has 1 unspecified atom stereocenters. The van der Waals surface area contributed by atoms with Gasteiger partial charge >= 0.3 is 0 Å². The summed E-state index contributed by atoms with van der Waals surface area (Å²) in [5.41, 5.74) is 4.14. The minimum atomic E-state index is -0.359. The lowest BCUT2D eigenvalue weighted by atomic mass is 9.93. The smallest absolute Gasteiger partial charge is 0.128 e. The standard InChI is InChI=1S/C15H19ClFN3S/c1-15(2,3)13-8-21-14(19-13)7-12(20-18)10-6-9(16)4-5-11(10)17/h4-6,8,12,20H,7,18H2,1-3H3. The van der Waals surface area contributed by atoms with Gasteiger partial charge in [0.05, 0.1) is 16.7 Å². The highest BCUT2D eigenvalue weighted by Gasteiger charge is 2.21. The second-order valence-corrected chi connectivity index (χ2v) is 7.34. The van der Waals surface area contributed by atoms with E-state index in [9.17, 15) is 4.39 Å². The number of halogens is 2. The molecule has 0 radical (unpaired) electrons. The molecule has 114 valence electrons. The zero-order valence-electron chi connectivity index (χ0n) is 12.3. The molecular weight excluding hydrogens is 309 g/mol. The monoisotopic (exact) mass is 327 g/mol. The molecule has 1 aromatic heterocycles. The Balaban J connectivity index is 2.23. The molecule has 2 aromatic rings. The summed E-state index contributed by atoms with van der Waals surface area (Å²) in [6.07, 6.45) is 0.522. The predicted molar refractivity (Wildman–Crippen MR) is 86.0 cm³/mol. The van der Waals surface area contributed by atoms with E-state index >= 15 is 0 Å². The molecule has 0 saturated carbocycles. The molecule has 3 nitrogen and oxygen atoms in total. The number of hydrogen-bond acceptors (Lipinski definition) is 4. The van der Waals surface area contributed by atoms with E-state index in [0.29, 0.717) is 17.0 Å². The van der Waals surface area contributed by atoms with Gasteiger partial charge in [0.25, 0.3) is 0 Å². The van der Waals surface area contributed by atoms with Crippen molar-refractivity contribution in [2.75, 3.05) is 0 Å². The Morgan fingerprint density at radius 1 is 1.43 bits per heavy atom. The van der Waals surface area contributed by atoms with Crippen LogP contribution in [0, 0.1) is 5.82 Å². The Bertz CT molecular complexity index is 622. The number of aromatic nitrogens is 1. The number of rotatable bonds is 4. The summed E-state index contributed by atoms with van der Waals surface area (Å²) in [6.45, 7) is 6.34. The van der Waals surface area contributed by atoms with Crippen molar-refractivity contribution < 1.29 is 4.39 Å². The van der Waals surface area contributed by atoms with Crippen LogP contribution >= 0.6 is 22.9 Å². The van der Waals surface area contributed by atoms with Crippen LogP contribution in [0.3, 0.4) is 0 Å². The third-order valence-corrected chi connectivity index (χ3v) is 4.34. The Labute approximate surface area is 133 Å². The van der Waals surface area contributed by atoms with Crippen molar-refractivity contribution in [2.45, 2.75) is 38.6 Å². The second-order valence-electron chi connectivity index (χ2n) is 5.97. The molecule has 3 N–H and O–H groups in total. The van der Waals surface area contributed by atoms with E-state index < -0.39 is 0 Å². The number of thiazole rings is 1. The van der Waals surface area contributed by atoms with Crippen molar-refractivity contribution in [3.05, 3.63) is 50.7 Å². The molecule has 1 atom stereocenters. The molecule has 1 aromatic carbocycles. The third kappa shape index (κ3) is 4.01. The molecule has 0 spiro atoms. The van der Waals surface area contributed by atoms with Gasteiger partial charge < -0.3 is 0 Å². The Morgan fingerprint density at radius 3 is 2.71 bits per heavy atom. The lowest BCUT2D eigenvalue weighted by Crippen LogP contribution is -2.30. The van der Waals surface area contributed by atoms with Gasteiger partial charge in [-0.1, -0.05) is 32.4 Å². The average molecular weight is 328 g/mol. The molecule has 0 aliphatic rings. The molecule has 0 aliphatic carbocycles. The van der Waals surface area contributed by atoms with Crippen molar-refractivity contribution in [1.82, 2.24) is 10.4 Å². The maximum atomic E-state index is 13.9. The highest BCUT2D eigenvalue weighted by atomic mass is 35.5. The number of hydrogen-bond donors (Lipinski definition) is 2. The first-order valence-electron chi connectivity index (χ1n) is 6.67. The lowest BCUT2D eigenvalue weighted by molar-refractivity contribution is 0.507. The van der Waals surface area contributed by atoms with Crippen LogP contribution in [-0.4, -0.2) is 4.98 Å². The minimum Gasteiger partial charge on any atom is -0.271 e. The van der Waals surface area contributed by atoms with Gasteiger partial charge in [-0.15, -0.1) is 11.3 Å². The number of hydrazine groups is 1. The topological polar surface area (TPSA) is 50.9 Å². The molecular formula is C15H19ClFN3S. The maximum absolute atomic E-state index is 13.9. The summed E-state index contributed by atoms with van der Waals surface area (Å²) in [6, 6.07) is 4.11. The summed E-state index contributed by atoms with van der Waals surface area (Å²) in [5, 5.41) is 3.44. The van der Waals surface area contributed by atoms with Gasteiger partial charge in [0.1, 0.15) is 5.82 Å². The molecule has 2 rings (SSSR count). The highest BCUT2D eigenvalue weighted by molar-refractivity contribution is 7.09. The van der Waals surface area contributed by atoms with Gasteiger partial charge in [0.15, 0.2) is 0 Å². The zero-order chi connectivity index (χ0) is 15.6. The van der Waals surface area contributed by atoms with Gasteiger partial charge in [-0.25, -0.2) is 9.37 Å². The number of nitrogens with two attached hydrogens (primary N) is 1. The molecule has 0 fully saturated rings. The number of benzene rings is 1. The summed E-state index contributed by atoms with van der Waals surface area (Å²) in [5.74, 6) is 5.26. The number of nitrogens with zero attached hydrogens (tertiary/aromatic N) is 1. The third-order valence-electron chi connectivity index (χ3n) is 3.23. The van der Waals surface area contributed by atoms with Crippen LogP contribution in [0.4, 0.5) is 4.39 Å². The van der Waals surface area contributed by atoms with E-state index in [4.69, 9.17) is 17.4 Å². The first-order valence-corrected chi connectivity index (χ1v) is 7.93. The van der Waals surface area contributed by atoms with Gasteiger partial charge in [0.2, 0.25) is 0 Å². The largest absolute Gasteiger partial charge is 0.271 e. The van der Waals surface area contributed by atoms with Crippen molar-refractivity contribution in [2.24, 2.45) is 5.84 Å². The van der Waals surface area contributed by atoms with Gasteiger partial charge in [-0.3, -0.25) is 11.3 Å². The molecule has 0 amide bonds. The molecule has 0 saturated heterocycles. The van der Waals surface area contributed by atoms with E-state index in [-0.39, 0.29) is 17.3 Å². The van der Waals surface area contributed by atoms with Crippen LogP contribution in [0.15, 0.2) is 23.6 Å². The van der Waals surface area contributed by atoms with Crippen molar-refractivity contribution in [3.63, 3.8) is 0 Å². The average Bonchev–Trinajstić information content (AvgIpc) is 2.87. The number of nitrogens with one attached hydrogen (secondary N) is 1. The minimum absolute atomic E-state index is 0.00168. The van der Waals surface area contributed by atoms with E-state index in [0.717, 1.165) is 10.7 Å². The fraction of sp³-hybridized carbons (Fsp3) is 0.400. The predicted octanol–water partition coefficient (Wildman–Crippen LogP) is 3.98. The first-order chi connectivity index (χ1) is 9.81. The maximum Gasteiger partial charge on any atom is 0.128 e. The Kier molecular flexibility index (Phi) is 4.99. The normalized spacial score (nSPS) is 13.4. The van der Waals surface area contributed by atoms with Gasteiger partial charge in [-0.2, -0.15) is 0 Å². The molecule has 1 heterocycles. The fourth-order valence-corrected chi connectivity index (χ4v) is 3.21. The van der Waals surface area contributed by atoms with E-state index in [2.05, 4.69) is 31.2 Å². The quantitative estimate of drug-likeness (QED) is 0.659. The van der Waals surface area contributed by atoms with Crippen molar-refractivity contribution in [3.8, 4) is 0 Å².